The molecule has 1 atom stereocenters. The molecule has 0 radical (unpaired) electrons. The molecular weight excluding hydrogens is 258 g/mol. The van der Waals surface area contributed by atoms with Gasteiger partial charge in [0.2, 0.25) is 0 Å². The zero-order valence-electron chi connectivity index (χ0n) is 12.4. The van der Waals surface area contributed by atoms with Gasteiger partial charge in [0.15, 0.2) is 11.1 Å². The van der Waals surface area contributed by atoms with Crippen LogP contribution in [0.3, 0.4) is 0 Å². The fourth-order valence-corrected chi connectivity index (χ4v) is 3.66. The molecule has 0 bridgehead atoms. The minimum atomic E-state index is -1.27. The monoisotopic (exact) mass is 283 g/mol. The maximum absolute atomic E-state index is 6.16. The fourth-order valence-electron chi connectivity index (χ4n) is 1.92. The molecule has 4 nitrogen and oxygen atoms in total. The molecule has 0 fully saturated rings. The maximum Gasteiger partial charge on any atom is 0.312 e. The van der Waals surface area contributed by atoms with Crippen LogP contribution in [0.25, 0.3) is 0 Å². The highest BCUT2D eigenvalue weighted by molar-refractivity contribution is 6.50. The summed E-state index contributed by atoms with van der Waals surface area (Å²) in [7, 11) is -1.27. The van der Waals surface area contributed by atoms with Crippen LogP contribution in [0.4, 0.5) is 0 Å². The van der Waals surface area contributed by atoms with E-state index in [1.165, 1.54) is 0 Å². The summed E-state index contributed by atoms with van der Waals surface area (Å²) >= 11 is 0. The van der Waals surface area contributed by atoms with Crippen LogP contribution in [-0.2, 0) is 0 Å². The van der Waals surface area contributed by atoms with Gasteiger partial charge in [-0.3, -0.25) is 0 Å². The number of rotatable bonds is 8. The van der Waals surface area contributed by atoms with Gasteiger partial charge < -0.3 is 19.6 Å². The van der Waals surface area contributed by atoms with Crippen molar-refractivity contribution < 1.29 is 13.9 Å². The Morgan fingerprint density at radius 3 is 2.32 bits per heavy atom. The first-order valence-corrected chi connectivity index (χ1v) is 8.48. The maximum atomic E-state index is 6.16. The summed E-state index contributed by atoms with van der Waals surface area (Å²) in [5.74, 6) is 0.795. The highest BCUT2D eigenvalue weighted by Crippen LogP contribution is 2.34. The summed E-state index contributed by atoms with van der Waals surface area (Å²) in [6.45, 7) is 9.88. The predicted molar refractivity (Wildman–Crippen MR) is 79.1 cm³/mol. The molecule has 2 N–H and O–H groups in total. The Kier molecular flexibility index (Phi) is 6.87. The number of hydrogen-bond acceptors (Lipinski definition) is 4. The smallest absolute Gasteiger partial charge is 0.312 e. The van der Waals surface area contributed by atoms with Crippen molar-refractivity contribution in [2.24, 2.45) is 5.73 Å². The van der Waals surface area contributed by atoms with Gasteiger partial charge in [-0.2, -0.15) is 0 Å². The van der Waals surface area contributed by atoms with Crippen molar-refractivity contribution in [1.82, 2.24) is 0 Å². The van der Waals surface area contributed by atoms with Crippen LogP contribution >= 0.6 is 0 Å². The lowest BCUT2D eigenvalue weighted by molar-refractivity contribution is 0.283. The molecule has 5 heteroatoms. The molecule has 0 amide bonds. The minimum absolute atomic E-state index is 0.0292. The Labute approximate surface area is 117 Å². The lowest BCUT2D eigenvalue weighted by Crippen LogP contribution is -2.20. The molecule has 19 heavy (non-hydrogen) atoms. The van der Waals surface area contributed by atoms with Crippen molar-refractivity contribution in [3.63, 3.8) is 0 Å². The number of ether oxygens (including phenoxy) is 2. The highest BCUT2D eigenvalue weighted by Gasteiger charge is 2.21. The number of nitrogens with two attached hydrogens (primary N) is 1. The van der Waals surface area contributed by atoms with E-state index in [0.717, 1.165) is 23.1 Å². The topological polar surface area (TPSA) is 53.7 Å². The van der Waals surface area contributed by atoms with Gasteiger partial charge >= 0.3 is 8.64 Å². The second kappa shape index (κ2) is 8.17. The first-order valence-electron chi connectivity index (χ1n) is 7.00. The Morgan fingerprint density at radius 2 is 1.79 bits per heavy atom. The van der Waals surface area contributed by atoms with E-state index in [0.29, 0.717) is 19.8 Å². The van der Waals surface area contributed by atoms with E-state index < -0.39 is 8.64 Å². The zero-order chi connectivity index (χ0) is 14.3. The van der Waals surface area contributed by atoms with E-state index in [2.05, 4.69) is 12.6 Å². The van der Waals surface area contributed by atoms with E-state index in [1.807, 2.05) is 26.8 Å². The van der Waals surface area contributed by atoms with Crippen LogP contribution in [0.1, 0.15) is 45.7 Å². The molecule has 1 heterocycles. The van der Waals surface area contributed by atoms with Crippen molar-refractivity contribution >= 4 is 8.64 Å². The lowest BCUT2D eigenvalue weighted by atomic mass is 10.1. The average molecular weight is 283 g/mol. The molecule has 0 aliphatic heterocycles. The van der Waals surface area contributed by atoms with Gasteiger partial charge in [0.1, 0.15) is 0 Å². The predicted octanol–water partition coefficient (Wildman–Crippen LogP) is 2.37. The van der Waals surface area contributed by atoms with Gasteiger partial charge in [0.05, 0.1) is 19.8 Å². The molecule has 1 aromatic heterocycles. The van der Waals surface area contributed by atoms with Gasteiger partial charge in [-0.1, -0.05) is 13.0 Å². The van der Waals surface area contributed by atoms with Crippen molar-refractivity contribution in [2.75, 3.05) is 19.8 Å². The van der Waals surface area contributed by atoms with Crippen LogP contribution in [0.5, 0.6) is 11.1 Å². The molecule has 0 aliphatic carbocycles. The first kappa shape index (κ1) is 16.0. The van der Waals surface area contributed by atoms with Crippen molar-refractivity contribution in [2.45, 2.75) is 40.2 Å². The normalized spacial score (nSPS) is 12.1. The third-order valence-electron chi connectivity index (χ3n) is 2.82. The van der Waals surface area contributed by atoms with Crippen LogP contribution in [0, 0.1) is 0 Å². The summed E-state index contributed by atoms with van der Waals surface area (Å²) in [5.41, 5.74) is 9.26. The van der Waals surface area contributed by atoms with Crippen LogP contribution in [0.15, 0.2) is 11.7 Å². The van der Waals surface area contributed by atoms with E-state index in [-0.39, 0.29) is 6.04 Å². The first-order chi connectivity index (χ1) is 9.19. The van der Waals surface area contributed by atoms with Gasteiger partial charge in [0, 0.05) is 11.6 Å². The Hall–Kier alpha value is -1.07. The minimum Gasteiger partial charge on any atom is -0.546 e. The molecule has 0 aliphatic rings. The van der Waals surface area contributed by atoms with Crippen molar-refractivity contribution in [3.8, 4) is 11.1 Å². The SMILES string of the molecule is CCOc1c(C(N)CC)cc[si](OCC)c1OCC. The van der Waals surface area contributed by atoms with Gasteiger partial charge in [-0.25, -0.2) is 0 Å². The molecule has 108 valence electrons. The molecule has 1 aromatic rings. The summed E-state index contributed by atoms with van der Waals surface area (Å²) < 4.78 is 17.4. The Morgan fingerprint density at radius 1 is 1.11 bits per heavy atom. The lowest BCUT2D eigenvalue weighted by Gasteiger charge is -2.20. The summed E-state index contributed by atoms with van der Waals surface area (Å²) in [5, 5.41) is 0.845. The van der Waals surface area contributed by atoms with Crippen molar-refractivity contribution in [3.05, 3.63) is 17.3 Å². The van der Waals surface area contributed by atoms with Crippen LogP contribution in [-0.4, -0.2) is 28.5 Å². The zero-order valence-corrected chi connectivity index (χ0v) is 13.4. The standard InChI is InChI=1S/C14H25NO3Si/c1-5-12(15)11-9-10-19(18-8-4)14(17-7-3)13(11)16-6-2/h9-10,12H,5-8,15H2,1-4H3. The summed E-state index contributed by atoms with van der Waals surface area (Å²) in [6.07, 6.45) is 0.867. The third-order valence-corrected chi connectivity index (χ3v) is 4.71. The van der Waals surface area contributed by atoms with Gasteiger partial charge in [-0.05, 0) is 32.9 Å². The molecule has 0 saturated carbocycles. The quantitative estimate of drug-likeness (QED) is 0.744. The largest absolute Gasteiger partial charge is 0.546 e. The molecule has 0 aromatic carbocycles. The second-order valence-electron chi connectivity index (χ2n) is 4.12. The fraction of sp³-hybridized carbons (Fsp3) is 0.643. The number of hydrogen-bond donors (Lipinski definition) is 1. The summed E-state index contributed by atoms with van der Waals surface area (Å²) in [6, 6.07) is 2.02. The Bertz CT molecular complexity index is 399. The van der Waals surface area contributed by atoms with Crippen molar-refractivity contribution in [1.29, 1.82) is 0 Å². The van der Waals surface area contributed by atoms with Gasteiger partial charge in [0.25, 0.3) is 0 Å². The highest BCUT2D eigenvalue weighted by atomic mass is 28.3. The molecule has 0 spiro atoms. The van der Waals surface area contributed by atoms with E-state index in [1.54, 1.807) is 0 Å². The third kappa shape index (κ3) is 3.94. The second-order valence-corrected chi connectivity index (χ2v) is 5.93. The molecule has 1 unspecified atom stereocenters. The van der Waals surface area contributed by atoms with E-state index in [9.17, 15) is 0 Å². The van der Waals surface area contributed by atoms with Crippen LogP contribution < -0.4 is 19.6 Å². The van der Waals surface area contributed by atoms with Gasteiger partial charge in [-0.15, -0.1) is 0 Å². The summed E-state index contributed by atoms with van der Waals surface area (Å²) in [4.78, 5) is 0. The Balaban J connectivity index is 3.30. The van der Waals surface area contributed by atoms with E-state index in [4.69, 9.17) is 19.6 Å². The molecule has 1 rings (SSSR count). The molecular formula is C14H25NO3Si. The molecule has 0 saturated heterocycles. The van der Waals surface area contributed by atoms with Crippen LogP contribution in [0.2, 0.25) is 0 Å². The van der Waals surface area contributed by atoms with E-state index >= 15 is 0 Å². The average Bonchev–Trinajstić information content (AvgIpc) is 2.42.